The summed E-state index contributed by atoms with van der Waals surface area (Å²) in [6.07, 6.45) is 0. The fourth-order valence-electron chi connectivity index (χ4n) is 2.30. The first-order valence-electron chi connectivity index (χ1n) is 7.46. The van der Waals surface area contributed by atoms with Gasteiger partial charge in [0.05, 0.1) is 12.9 Å². The van der Waals surface area contributed by atoms with Crippen LogP contribution < -0.4 is 4.74 Å². The van der Waals surface area contributed by atoms with Crippen molar-refractivity contribution in [3.05, 3.63) is 66.0 Å². The van der Waals surface area contributed by atoms with Crippen molar-refractivity contribution >= 4 is 17.5 Å². The fraction of sp³-hybridized carbons (Fsp3) is 0.167. The highest BCUT2D eigenvalue weighted by Gasteiger charge is 2.14. The van der Waals surface area contributed by atoms with Crippen LogP contribution in [0.25, 0.3) is 5.69 Å². The number of carbonyl (C=O) groups excluding carboxylic acids is 1. The van der Waals surface area contributed by atoms with E-state index < -0.39 is 0 Å². The zero-order valence-electron chi connectivity index (χ0n) is 13.5. The number of ether oxygens (including phenoxy) is 1. The van der Waals surface area contributed by atoms with Gasteiger partial charge in [-0.05, 0) is 31.2 Å². The highest BCUT2D eigenvalue weighted by molar-refractivity contribution is 7.99. The summed E-state index contributed by atoms with van der Waals surface area (Å²) in [7, 11) is 1.63. The summed E-state index contributed by atoms with van der Waals surface area (Å²) < 4.78 is 7.12. The molecule has 6 heteroatoms. The molecule has 0 amide bonds. The predicted octanol–water partition coefficient (Wildman–Crippen LogP) is 3.56. The molecule has 0 N–H and O–H groups in total. The molecule has 0 aliphatic carbocycles. The summed E-state index contributed by atoms with van der Waals surface area (Å²) in [5.74, 6) is 1.95. The Morgan fingerprint density at radius 2 is 1.79 bits per heavy atom. The largest absolute Gasteiger partial charge is 0.497 e. The van der Waals surface area contributed by atoms with Crippen molar-refractivity contribution in [3.8, 4) is 11.4 Å². The number of hydrogen-bond donors (Lipinski definition) is 0. The molecule has 0 fully saturated rings. The molecule has 122 valence electrons. The predicted molar refractivity (Wildman–Crippen MR) is 94.1 cm³/mol. The van der Waals surface area contributed by atoms with Gasteiger partial charge in [0.2, 0.25) is 0 Å². The standard InChI is InChI=1S/C18H17N3O2S/c1-13-19-20-18(21(13)15-8-10-16(23-2)11-9-15)24-12-17(22)14-6-4-3-5-7-14/h3-11H,12H2,1-2H3. The lowest BCUT2D eigenvalue weighted by Gasteiger charge is -2.09. The first-order valence-corrected chi connectivity index (χ1v) is 8.45. The summed E-state index contributed by atoms with van der Waals surface area (Å²) in [5, 5.41) is 9.02. The van der Waals surface area contributed by atoms with Gasteiger partial charge in [-0.15, -0.1) is 10.2 Å². The number of ketones is 1. The van der Waals surface area contributed by atoms with Gasteiger partial charge in [0.25, 0.3) is 0 Å². The molecule has 0 saturated heterocycles. The monoisotopic (exact) mass is 339 g/mol. The summed E-state index contributed by atoms with van der Waals surface area (Å²) in [6, 6.07) is 16.9. The number of benzene rings is 2. The molecule has 5 nitrogen and oxygen atoms in total. The minimum Gasteiger partial charge on any atom is -0.497 e. The Labute approximate surface area is 144 Å². The maximum absolute atomic E-state index is 12.3. The van der Waals surface area contributed by atoms with Crippen LogP contribution in [0.5, 0.6) is 5.75 Å². The molecule has 0 unspecified atom stereocenters. The summed E-state index contributed by atoms with van der Waals surface area (Å²) in [4.78, 5) is 12.3. The average molecular weight is 339 g/mol. The van der Waals surface area contributed by atoms with Crippen molar-refractivity contribution in [2.75, 3.05) is 12.9 Å². The minimum atomic E-state index is 0.0718. The lowest BCUT2D eigenvalue weighted by molar-refractivity contribution is 0.102. The number of thioether (sulfide) groups is 1. The molecule has 0 aliphatic heterocycles. The van der Waals surface area contributed by atoms with Crippen molar-refractivity contribution in [1.82, 2.24) is 14.8 Å². The number of aromatic nitrogens is 3. The second-order valence-electron chi connectivity index (χ2n) is 5.14. The van der Waals surface area contributed by atoms with Crippen LogP contribution in [0, 0.1) is 6.92 Å². The van der Waals surface area contributed by atoms with Gasteiger partial charge in [-0.3, -0.25) is 9.36 Å². The van der Waals surface area contributed by atoms with E-state index in [-0.39, 0.29) is 5.78 Å². The molecular weight excluding hydrogens is 322 g/mol. The lowest BCUT2D eigenvalue weighted by Crippen LogP contribution is -2.04. The summed E-state index contributed by atoms with van der Waals surface area (Å²) in [5.41, 5.74) is 1.64. The second kappa shape index (κ2) is 7.31. The Morgan fingerprint density at radius 3 is 2.46 bits per heavy atom. The van der Waals surface area contributed by atoms with Gasteiger partial charge in [-0.2, -0.15) is 0 Å². The maximum atomic E-state index is 12.3. The minimum absolute atomic E-state index is 0.0718. The van der Waals surface area contributed by atoms with Gasteiger partial charge < -0.3 is 4.74 Å². The van der Waals surface area contributed by atoms with Gasteiger partial charge in [-0.25, -0.2) is 0 Å². The molecule has 0 radical (unpaired) electrons. The topological polar surface area (TPSA) is 57.0 Å². The quantitative estimate of drug-likeness (QED) is 0.508. The van der Waals surface area contributed by atoms with Crippen LogP contribution in [-0.4, -0.2) is 33.4 Å². The van der Waals surface area contributed by atoms with Crippen LogP contribution >= 0.6 is 11.8 Å². The SMILES string of the molecule is COc1ccc(-n2c(C)nnc2SCC(=O)c2ccccc2)cc1. The first kappa shape index (κ1) is 16.3. The van der Waals surface area contributed by atoms with Gasteiger partial charge in [0.15, 0.2) is 10.9 Å². The number of methoxy groups -OCH3 is 1. The van der Waals surface area contributed by atoms with Crippen molar-refractivity contribution in [3.63, 3.8) is 0 Å². The van der Waals surface area contributed by atoms with E-state index in [2.05, 4.69) is 10.2 Å². The van der Waals surface area contributed by atoms with Gasteiger partial charge in [-0.1, -0.05) is 42.1 Å². The van der Waals surface area contributed by atoms with Crippen molar-refractivity contribution < 1.29 is 9.53 Å². The second-order valence-corrected chi connectivity index (χ2v) is 6.08. The van der Waals surface area contributed by atoms with Crippen molar-refractivity contribution in [2.24, 2.45) is 0 Å². The number of nitrogens with zero attached hydrogens (tertiary/aromatic N) is 3. The van der Waals surface area contributed by atoms with Crippen molar-refractivity contribution in [1.29, 1.82) is 0 Å². The normalized spacial score (nSPS) is 10.6. The zero-order valence-corrected chi connectivity index (χ0v) is 14.3. The molecule has 3 rings (SSSR count). The molecule has 0 aliphatic rings. The van der Waals surface area contributed by atoms with E-state index >= 15 is 0 Å². The van der Waals surface area contributed by atoms with E-state index in [0.717, 1.165) is 17.3 Å². The molecule has 2 aromatic carbocycles. The Bertz CT molecular complexity index is 829. The number of rotatable bonds is 6. The Hall–Kier alpha value is -2.60. The molecular formula is C18H17N3O2S. The molecule has 0 spiro atoms. The maximum Gasteiger partial charge on any atom is 0.196 e. The average Bonchev–Trinajstić information content (AvgIpc) is 3.01. The Morgan fingerprint density at radius 1 is 1.08 bits per heavy atom. The number of hydrogen-bond acceptors (Lipinski definition) is 5. The van der Waals surface area contributed by atoms with Gasteiger partial charge in [0, 0.05) is 11.3 Å². The highest BCUT2D eigenvalue weighted by atomic mass is 32.2. The Balaban J connectivity index is 1.78. The molecule has 0 bridgehead atoms. The number of Topliss-reactive ketones (excluding diaryl/α,β-unsaturated/α-hetero) is 1. The fourth-order valence-corrected chi connectivity index (χ4v) is 3.19. The van der Waals surface area contributed by atoms with Gasteiger partial charge >= 0.3 is 0 Å². The van der Waals surface area contributed by atoms with E-state index in [1.54, 1.807) is 7.11 Å². The third-order valence-corrected chi connectivity index (χ3v) is 4.48. The lowest BCUT2D eigenvalue weighted by atomic mass is 10.2. The van der Waals surface area contributed by atoms with E-state index in [4.69, 9.17) is 4.74 Å². The van der Waals surface area contributed by atoms with E-state index in [9.17, 15) is 4.79 Å². The van der Waals surface area contributed by atoms with Crippen LogP contribution in [0.15, 0.2) is 59.8 Å². The number of aryl methyl sites for hydroxylation is 1. The van der Waals surface area contributed by atoms with E-state index in [0.29, 0.717) is 16.5 Å². The molecule has 3 aromatic rings. The Kier molecular flexibility index (Phi) is 4.96. The first-order chi connectivity index (χ1) is 11.7. The molecule has 1 heterocycles. The van der Waals surface area contributed by atoms with Crippen LogP contribution in [0.4, 0.5) is 0 Å². The smallest absolute Gasteiger partial charge is 0.196 e. The number of carbonyl (C=O) groups is 1. The molecule has 0 saturated carbocycles. The third-order valence-electron chi connectivity index (χ3n) is 3.55. The third kappa shape index (κ3) is 3.49. The van der Waals surface area contributed by atoms with Crippen LogP contribution in [0.2, 0.25) is 0 Å². The molecule has 24 heavy (non-hydrogen) atoms. The van der Waals surface area contributed by atoms with Crippen LogP contribution in [-0.2, 0) is 0 Å². The molecule has 1 aromatic heterocycles. The highest BCUT2D eigenvalue weighted by Crippen LogP contribution is 2.24. The zero-order chi connectivity index (χ0) is 16.9. The summed E-state index contributed by atoms with van der Waals surface area (Å²) >= 11 is 1.38. The van der Waals surface area contributed by atoms with E-state index in [1.165, 1.54) is 11.8 Å². The molecule has 0 atom stereocenters. The van der Waals surface area contributed by atoms with Crippen LogP contribution in [0.1, 0.15) is 16.2 Å². The van der Waals surface area contributed by atoms with Gasteiger partial charge in [0.1, 0.15) is 11.6 Å². The van der Waals surface area contributed by atoms with Crippen LogP contribution in [0.3, 0.4) is 0 Å². The van der Waals surface area contributed by atoms with Crippen molar-refractivity contribution in [2.45, 2.75) is 12.1 Å². The summed E-state index contributed by atoms with van der Waals surface area (Å²) in [6.45, 7) is 1.89. The van der Waals surface area contributed by atoms with E-state index in [1.807, 2.05) is 66.1 Å².